The van der Waals surface area contributed by atoms with Crippen LogP contribution in [0.5, 0.6) is 11.5 Å². The van der Waals surface area contributed by atoms with Gasteiger partial charge in [-0.1, -0.05) is 6.07 Å². The normalized spacial score (nSPS) is 11.6. The fraction of sp³-hybridized carbons (Fsp3) is 0.136. The van der Waals surface area contributed by atoms with Gasteiger partial charge in [-0.05, 0) is 35.7 Å². The summed E-state index contributed by atoms with van der Waals surface area (Å²) in [6, 6.07) is 14.0. The van der Waals surface area contributed by atoms with E-state index in [2.05, 4.69) is 16.4 Å². The van der Waals surface area contributed by atoms with Gasteiger partial charge in [0.05, 0.1) is 31.5 Å². The number of methoxy groups -OCH3 is 2. The van der Waals surface area contributed by atoms with Crippen molar-refractivity contribution in [2.24, 2.45) is 0 Å². The van der Waals surface area contributed by atoms with Crippen molar-refractivity contribution in [3.05, 3.63) is 70.7 Å². The molecule has 0 radical (unpaired) electrons. The number of aromatic nitrogens is 2. The van der Waals surface area contributed by atoms with E-state index < -0.39 is 6.04 Å². The van der Waals surface area contributed by atoms with E-state index in [1.165, 1.54) is 11.3 Å². The van der Waals surface area contributed by atoms with E-state index in [1.54, 1.807) is 36.8 Å². The van der Waals surface area contributed by atoms with Crippen LogP contribution in [0.25, 0.3) is 16.9 Å². The van der Waals surface area contributed by atoms with E-state index >= 15 is 0 Å². The molecule has 1 N–H and O–H groups in total. The Kier molecular flexibility index (Phi) is 5.37. The molecular weight excluding hydrogens is 400 g/mol. The third kappa shape index (κ3) is 3.58. The molecule has 4 aromatic rings. The third-order valence-corrected chi connectivity index (χ3v) is 5.58. The minimum Gasteiger partial charge on any atom is -0.497 e. The highest BCUT2D eigenvalue weighted by Gasteiger charge is 2.20. The van der Waals surface area contributed by atoms with Gasteiger partial charge in [-0.3, -0.25) is 4.79 Å². The fourth-order valence-corrected chi connectivity index (χ4v) is 3.88. The van der Waals surface area contributed by atoms with E-state index in [-0.39, 0.29) is 5.91 Å². The molecule has 7 nitrogen and oxygen atoms in total. The van der Waals surface area contributed by atoms with E-state index in [0.717, 1.165) is 10.4 Å². The average molecular weight is 418 g/mol. The number of benzene rings is 1. The molecule has 1 unspecified atom stereocenters. The predicted octanol–water partition coefficient (Wildman–Crippen LogP) is 4.07. The summed E-state index contributed by atoms with van der Waals surface area (Å²) >= 11 is 1.42. The van der Waals surface area contributed by atoms with Crippen LogP contribution in [0.15, 0.2) is 60.2 Å². The number of rotatable bonds is 6. The van der Waals surface area contributed by atoms with Crippen molar-refractivity contribution in [1.82, 2.24) is 14.7 Å². The lowest BCUT2D eigenvalue weighted by Gasteiger charge is -2.10. The van der Waals surface area contributed by atoms with E-state index in [9.17, 15) is 10.1 Å². The molecule has 3 heterocycles. The molecule has 150 valence electrons. The Hall–Kier alpha value is -3.83. The van der Waals surface area contributed by atoms with Crippen molar-refractivity contribution in [2.45, 2.75) is 6.04 Å². The van der Waals surface area contributed by atoms with Gasteiger partial charge in [0.1, 0.15) is 17.1 Å². The van der Waals surface area contributed by atoms with Gasteiger partial charge in [-0.15, -0.1) is 11.3 Å². The highest BCUT2D eigenvalue weighted by Crippen LogP contribution is 2.33. The molecule has 0 aliphatic carbocycles. The maximum Gasteiger partial charge on any atom is 0.256 e. The molecule has 0 aliphatic heterocycles. The zero-order valence-electron chi connectivity index (χ0n) is 16.3. The molecule has 0 saturated heterocycles. The summed E-state index contributed by atoms with van der Waals surface area (Å²) in [5.74, 6) is 0.931. The number of carbonyl (C=O) groups excluding carboxylic acids is 1. The van der Waals surface area contributed by atoms with Crippen molar-refractivity contribution in [3.8, 4) is 28.8 Å². The molecule has 3 aromatic heterocycles. The van der Waals surface area contributed by atoms with Crippen LogP contribution in [0.2, 0.25) is 0 Å². The number of imidazole rings is 1. The number of amides is 1. The fourth-order valence-electron chi connectivity index (χ4n) is 3.16. The first-order valence-corrected chi connectivity index (χ1v) is 9.96. The van der Waals surface area contributed by atoms with Crippen LogP contribution >= 0.6 is 11.3 Å². The number of carbonyl (C=O) groups is 1. The zero-order chi connectivity index (χ0) is 21.1. The van der Waals surface area contributed by atoms with E-state index in [0.29, 0.717) is 28.4 Å². The molecule has 0 saturated carbocycles. The monoisotopic (exact) mass is 418 g/mol. The standard InChI is InChI=1S/C22H18N4O3S/c1-28-14-7-8-15(19(11-14)29-2)18-13-26-9-3-5-16(21(26)24-18)22(27)25-17(12-23)20-6-4-10-30-20/h3-11,13,17H,1-2H3,(H,25,27). The Bertz CT molecular complexity index is 1240. The first-order valence-electron chi connectivity index (χ1n) is 9.08. The number of hydrogen-bond acceptors (Lipinski definition) is 6. The number of nitrogens with zero attached hydrogens (tertiary/aromatic N) is 3. The minimum atomic E-state index is -0.714. The Morgan fingerprint density at radius 2 is 2.10 bits per heavy atom. The van der Waals surface area contributed by atoms with E-state index in [1.807, 2.05) is 42.0 Å². The summed E-state index contributed by atoms with van der Waals surface area (Å²) in [6.07, 6.45) is 3.65. The maximum atomic E-state index is 12.9. The first-order chi connectivity index (χ1) is 14.6. The third-order valence-electron chi connectivity index (χ3n) is 4.64. The lowest BCUT2D eigenvalue weighted by atomic mass is 10.1. The molecule has 0 bridgehead atoms. The Morgan fingerprint density at radius 1 is 1.23 bits per heavy atom. The maximum absolute atomic E-state index is 12.9. The van der Waals surface area contributed by atoms with Crippen LogP contribution in [-0.4, -0.2) is 29.5 Å². The van der Waals surface area contributed by atoms with Gasteiger partial charge in [0.25, 0.3) is 5.91 Å². The van der Waals surface area contributed by atoms with Crippen molar-refractivity contribution >= 4 is 22.9 Å². The highest BCUT2D eigenvalue weighted by molar-refractivity contribution is 7.10. The van der Waals surface area contributed by atoms with Crippen molar-refractivity contribution in [1.29, 1.82) is 5.26 Å². The number of fused-ring (bicyclic) bond motifs is 1. The van der Waals surface area contributed by atoms with Gasteiger partial charge >= 0.3 is 0 Å². The number of pyridine rings is 1. The topological polar surface area (TPSA) is 88.7 Å². The number of nitriles is 1. The first kappa shape index (κ1) is 19.5. The van der Waals surface area contributed by atoms with Crippen LogP contribution in [0.1, 0.15) is 21.3 Å². The molecule has 0 fully saturated rings. The summed E-state index contributed by atoms with van der Waals surface area (Å²) in [5.41, 5.74) is 2.31. The molecule has 1 atom stereocenters. The summed E-state index contributed by atoms with van der Waals surface area (Å²) in [7, 11) is 3.18. The molecule has 0 aliphatic rings. The summed E-state index contributed by atoms with van der Waals surface area (Å²) < 4.78 is 12.5. The van der Waals surface area contributed by atoms with Crippen LogP contribution in [0, 0.1) is 11.3 Å². The van der Waals surface area contributed by atoms with Crippen molar-refractivity contribution < 1.29 is 14.3 Å². The second-order valence-corrected chi connectivity index (χ2v) is 7.38. The van der Waals surface area contributed by atoms with E-state index in [4.69, 9.17) is 9.47 Å². The number of nitrogens with one attached hydrogen (secondary N) is 1. The van der Waals surface area contributed by atoms with Gasteiger partial charge in [-0.25, -0.2) is 4.98 Å². The summed E-state index contributed by atoms with van der Waals surface area (Å²) in [5, 5.41) is 14.1. The second-order valence-electron chi connectivity index (χ2n) is 6.40. The predicted molar refractivity (Wildman–Crippen MR) is 114 cm³/mol. The van der Waals surface area contributed by atoms with Gasteiger partial charge in [-0.2, -0.15) is 5.26 Å². The number of ether oxygens (including phenoxy) is 2. The van der Waals surface area contributed by atoms with Gasteiger partial charge in [0, 0.05) is 28.9 Å². The minimum absolute atomic E-state index is 0.362. The largest absolute Gasteiger partial charge is 0.497 e. The van der Waals surface area contributed by atoms with Gasteiger partial charge in [0.15, 0.2) is 6.04 Å². The summed E-state index contributed by atoms with van der Waals surface area (Å²) in [4.78, 5) is 18.4. The van der Waals surface area contributed by atoms with Crippen LogP contribution in [0.3, 0.4) is 0 Å². The lowest BCUT2D eigenvalue weighted by molar-refractivity contribution is 0.0947. The number of thiophene rings is 1. The molecule has 1 amide bonds. The van der Waals surface area contributed by atoms with Crippen LogP contribution in [0.4, 0.5) is 0 Å². The quantitative estimate of drug-likeness (QED) is 0.510. The van der Waals surface area contributed by atoms with Crippen LogP contribution < -0.4 is 14.8 Å². The Labute approximate surface area is 177 Å². The average Bonchev–Trinajstić information content (AvgIpc) is 3.46. The zero-order valence-corrected chi connectivity index (χ0v) is 17.1. The Morgan fingerprint density at radius 3 is 2.80 bits per heavy atom. The molecule has 30 heavy (non-hydrogen) atoms. The number of hydrogen-bond donors (Lipinski definition) is 1. The highest BCUT2D eigenvalue weighted by atomic mass is 32.1. The lowest BCUT2D eigenvalue weighted by Crippen LogP contribution is -2.27. The smallest absolute Gasteiger partial charge is 0.256 e. The second kappa shape index (κ2) is 8.27. The van der Waals surface area contributed by atoms with Crippen LogP contribution in [-0.2, 0) is 0 Å². The SMILES string of the molecule is COc1ccc(-c2cn3cccc(C(=O)NC(C#N)c4cccs4)c3n2)c(OC)c1. The molecule has 8 heteroatoms. The summed E-state index contributed by atoms with van der Waals surface area (Å²) in [6.45, 7) is 0. The molecular formula is C22H18N4O3S. The Balaban J connectivity index is 1.71. The van der Waals surface area contributed by atoms with Crippen molar-refractivity contribution in [3.63, 3.8) is 0 Å². The van der Waals surface area contributed by atoms with Gasteiger partial charge in [0.2, 0.25) is 0 Å². The van der Waals surface area contributed by atoms with Gasteiger partial charge < -0.3 is 19.2 Å². The molecule has 1 aromatic carbocycles. The van der Waals surface area contributed by atoms with Crippen molar-refractivity contribution in [2.75, 3.05) is 14.2 Å². The molecule has 0 spiro atoms. The molecule has 4 rings (SSSR count).